The maximum atomic E-state index is 12.0. The zero-order valence-corrected chi connectivity index (χ0v) is 8.55. The smallest absolute Gasteiger partial charge is 0.390 e. The van der Waals surface area contributed by atoms with E-state index < -0.39 is 12.6 Å². The van der Waals surface area contributed by atoms with Gasteiger partial charge in [0.1, 0.15) is 12.4 Å². The zero-order valence-electron chi connectivity index (χ0n) is 8.55. The lowest BCUT2D eigenvalue weighted by atomic mass is 10.1. The highest BCUT2D eigenvalue weighted by molar-refractivity contribution is 5.39. The number of hydrogen-bond donors (Lipinski definition) is 1. The monoisotopic (exact) mass is 231 g/mol. The molecule has 16 heavy (non-hydrogen) atoms. The molecule has 0 fully saturated rings. The van der Waals surface area contributed by atoms with Gasteiger partial charge in [0.2, 0.25) is 0 Å². The first kappa shape index (κ1) is 11.3. The van der Waals surface area contributed by atoms with Gasteiger partial charge in [0, 0.05) is 12.1 Å². The average Bonchev–Trinajstić information content (AvgIpc) is 2.60. The molecule has 2 nitrogen and oxygen atoms in total. The van der Waals surface area contributed by atoms with Gasteiger partial charge >= 0.3 is 6.18 Å². The summed E-state index contributed by atoms with van der Waals surface area (Å²) < 4.78 is 41.2. The van der Waals surface area contributed by atoms with Crippen molar-refractivity contribution in [3.8, 4) is 5.75 Å². The van der Waals surface area contributed by atoms with Crippen molar-refractivity contribution in [1.82, 2.24) is 5.32 Å². The maximum absolute atomic E-state index is 12.0. The zero-order chi connectivity index (χ0) is 11.6. The molecule has 0 saturated carbocycles. The lowest BCUT2D eigenvalue weighted by molar-refractivity contribution is -0.133. The summed E-state index contributed by atoms with van der Waals surface area (Å²) in [6, 6.07) is 7.26. The van der Waals surface area contributed by atoms with Crippen LogP contribution in [0.3, 0.4) is 0 Å². The molecule has 1 aliphatic heterocycles. The summed E-state index contributed by atoms with van der Waals surface area (Å²) in [5, 5.41) is 2.85. The third kappa shape index (κ3) is 2.66. The number of ether oxygens (including phenoxy) is 1. The van der Waals surface area contributed by atoms with Crippen molar-refractivity contribution in [1.29, 1.82) is 0 Å². The van der Waals surface area contributed by atoms with Crippen molar-refractivity contribution in [3.63, 3.8) is 0 Å². The SMILES string of the molecule is FC(F)(F)CCNC1COc2ccccc21. The molecule has 0 radical (unpaired) electrons. The van der Waals surface area contributed by atoms with Gasteiger partial charge < -0.3 is 10.1 Å². The number of nitrogens with one attached hydrogen (secondary N) is 1. The molecule has 1 atom stereocenters. The molecule has 1 aromatic rings. The third-order valence-corrected chi connectivity index (χ3v) is 2.50. The summed E-state index contributed by atoms with van der Waals surface area (Å²) in [6.07, 6.45) is -4.92. The van der Waals surface area contributed by atoms with Crippen LogP contribution < -0.4 is 10.1 Å². The number of hydrogen-bond acceptors (Lipinski definition) is 2. The van der Waals surface area contributed by atoms with Crippen LogP contribution in [-0.2, 0) is 0 Å². The van der Waals surface area contributed by atoms with Crippen LogP contribution in [0, 0.1) is 0 Å². The van der Waals surface area contributed by atoms with E-state index in [9.17, 15) is 13.2 Å². The number of fused-ring (bicyclic) bond motifs is 1. The van der Waals surface area contributed by atoms with Gasteiger partial charge in [-0.15, -0.1) is 0 Å². The number of rotatable bonds is 3. The molecule has 88 valence electrons. The Morgan fingerprint density at radius 2 is 2.06 bits per heavy atom. The minimum atomic E-state index is -4.11. The highest BCUT2D eigenvalue weighted by Crippen LogP contribution is 2.31. The van der Waals surface area contributed by atoms with Crippen molar-refractivity contribution in [3.05, 3.63) is 29.8 Å². The summed E-state index contributed by atoms with van der Waals surface area (Å²) in [6.45, 7) is 0.322. The molecule has 1 unspecified atom stereocenters. The maximum Gasteiger partial charge on any atom is 0.390 e. The summed E-state index contributed by atoms with van der Waals surface area (Å²) in [4.78, 5) is 0. The molecule has 0 bridgehead atoms. The van der Waals surface area contributed by atoms with Crippen molar-refractivity contribution in [2.75, 3.05) is 13.2 Å². The average molecular weight is 231 g/mol. The van der Waals surface area contributed by atoms with Gasteiger partial charge in [-0.25, -0.2) is 0 Å². The van der Waals surface area contributed by atoms with E-state index in [1.54, 1.807) is 0 Å². The van der Waals surface area contributed by atoms with Crippen LogP contribution in [0.15, 0.2) is 24.3 Å². The predicted octanol–water partition coefficient (Wildman–Crippen LogP) is 2.66. The van der Waals surface area contributed by atoms with Gasteiger partial charge in [0.05, 0.1) is 12.5 Å². The van der Waals surface area contributed by atoms with Gasteiger partial charge in [0.25, 0.3) is 0 Å². The lowest BCUT2D eigenvalue weighted by Crippen LogP contribution is -2.27. The van der Waals surface area contributed by atoms with Crippen LogP contribution in [0.1, 0.15) is 18.0 Å². The molecule has 0 aromatic heterocycles. The van der Waals surface area contributed by atoms with Crippen LogP contribution >= 0.6 is 0 Å². The van der Waals surface area contributed by atoms with Gasteiger partial charge in [-0.05, 0) is 6.07 Å². The van der Waals surface area contributed by atoms with Crippen LogP contribution in [-0.4, -0.2) is 19.3 Å². The Bertz CT molecular complexity index is 364. The first-order valence-corrected chi connectivity index (χ1v) is 5.08. The van der Waals surface area contributed by atoms with E-state index in [2.05, 4.69) is 5.32 Å². The molecule has 0 aliphatic carbocycles. The number of para-hydroxylation sites is 1. The fourth-order valence-corrected chi connectivity index (χ4v) is 1.72. The van der Waals surface area contributed by atoms with Crippen molar-refractivity contribution < 1.29 is 17.9 Å². The largest absolute Gasteiger partial charge is 0.491 e. The summed E-state index contributed by atoms with van der Waals surface area (Å²) in [7, 11) is 0. The normalized spacial score (nSPS) is 19.3. The first-order chi connectivity index (χ1) is 7.56. The molecule has 2 rings (SSSR count). The van der Waals surface area contributed by atoms with E-state index in [1.165, 1.54) is 0 Å². The van der Waals surface area contributed by atoms with E-state index in [0.717, 1.165) is 11.3 Å². The Kier molecular flexibility index (Phi) is 3.05. The van der Waals surface area contributed by atoms with Crippen molar-refractivity contribution >= 4 is 0 Å². The van der Waals surface area contributed by atoms with Crippen LogP contribution in [0.25, 0.3) is 0 Å². The fraction of sp³-hybridized carbons (Fsp3) is 0.455. The van der Waals surface area contributed by atoms with Crippen LogP contribution in [0.2, 0.25) is 0 Å². The van der Waals surface area contributed by atoms with E-state index in [4.69, 9.17) is 4.74 Å². The molecule has 0 amide bonds. The molecule has 5 heteroatoms. The minimum absolute atomic E-state index is 0.0775. The van der Waals surface area contributed by atoms with E-state index in [1.807, 2.05) is 24.3 Å². The van der Waals surface area contributed by atoms with Gasteiger partial charge in [-0.2, -0.15) is 13.2 Å². The molecular weight excluding hydrogens is 219 g/mol. The van der Waals surface area contributed by atoms with Crippen molar-refractivity contribution in [2.24, 2.45) is 0 Å². The Labute approximate surface area is 91.4 Å². The van der Waals surface area contributed by atoms with Crippen molar-refractivity contribution in [2.45, 2.75) is 18.6 Å². The summed E-state index contributed by atoms with van der Waals surface area (Å²) >= 11 is 0. The van der Waals surface area contributed by atoms with Gasteiger partial charge in [0.15, 0.2) is 0 Å². The molecule has 1 aromatic carbocycles. The second-order valence-corrected chi connectivity index (χ2v) is 3.72. The van der Waals surface area contributed by atoms with Crippen LogP contribution in [0.4, 0.5) is 13.2 Å². The standard InChI is InChI=1S/C11H12F3NO/c12-11(13,14)5-6-15-9-7-16-10-4-2-1-3-8(9)10/h1-4,9,15H,5-7H2. The Morgan fingerprint density at radius 3 is 2.81 bits per heavy atom. The molecule has 1 N–H and O–H groups in total. The second-order valence-electron chi connectivity index (χ2n) is 3.72. The van der Waals surface area contributed by atoms with Gasteiger partial charge in [-0.1, -0.05) is 18.2 Å². The van der Waals surface area contributed by atoms with E-state index >= 15 is 0 Å². The molecule has 1 aliphatic rings. The molecule has 0 saturated heterocycles. The molecule has 0 spiro atoms. The van der Waals surface area contributed by atoms with Gasteiger partial charge in [-0.3, -0.25) is 0 Å². The lowest BCUT2D eigenvalue weighted by Gasteiger charge is -2.12. The Balaban J connectivity index is 1.89. The fourth-order valence-electron chi connectivity index (χ4n) is 1.72. The number of alkyl halides is 3. The van der Waals surface area contributed by atoms with E-state index in [-0.39, 0.29) is 12.6 Å². The first-order valence-electron chi connectivity index (χ1n) is 5.08. The Morgan fingerprint density at radius 1 is 1.31 bits per heavy atom. The van der Waals surface area contributed by atoms with E-state index in [0.29, 0.717) is 6.61 Å². The van der Waals surface area contributed by atoms with Crippen LogP contribution in [0.5, 0.6) is 5.75 Å². The summed E-state index contributed by atoms with van der Waals surface area (Å²) in [5.74, 6) is 0.756. The highest BCUT2D eigenvalue weighted by Gasteiger charge is 2.28. The Hall–Kier alpha value is -1.23. The number of halogens is 3. The minimum Gasteiger partial charge on any atom is -0.491 e. The molecular formula is C11H12F3NO. The summed E-state index contributed by atoms with van der Waals surface area (Å²) in [5.41, 5.74) is 0.935. The third-order valence-electron chi connectivity index (χ3n) is 2.50. The quantitative estimate of drug-likeness (QED) is 0.863. The second kappa shape index (κ2) is 4.33. The highest BCUT2D eigenvalue weighted by atomic mass is 19.4. The molecule has 1 heterocycles. The topological polar surface area (TPSA) is 21.3 Å². The predicted molar refractivity (Wildman–Crippen MR) is 53.4 cm³/mol. The number of benzene rings is 1.